The summed E-state index contributed by atoms with van der Waals surface area (Å²) < 4.78 is 12.3. The third kappa shape index (κ3) is 6.29. The number of nitrogens with zero attached hydrogens (tertiary/aromatic N) is 1. The number of amides is 1. The molecular formula is C39H33ClN2O4S. The molecule has 0 radical (unpaired) electrons. The molecule has 1 aliphatic heterocycles. The van der Waals surface area contributed by atoms with Crippen LogP contribution >= 0.6 is 22.9 Å². The second kappa shape index (κ2) is 13.5. The van der Waals surface area contributed by atoms with Crippen LogP contribution in [0.25, 0.3) is 0 Å². The fourth-order valence-electron chi connectivity index (χ4n) is 6.43. The summed E-state index contributed by atoms with van der Waals surface area (Å²) >= 11 is 7.46. The van der Waals surface area contributed by atoms with E-state index in [0.29, 0.717) is 58.7 Å². The SMILES string of the molecule is CCOc1cc([C@H]2C3=C(C[C@@H](c4ccccc4)CC3=O)Nc3ccccc3N2C(=O)c2cccs2)ccc1OCc1ccc(Cl)cc1. The van der Waals surface area contributed by atoms with E-state index in [4.69, 9.17) is 21.1 Å². The van der Waals surface area contributed by atoms with Crippen molar-refractivity contribution in [3.05, 3.63) is 152 Å². The van der Waals surface area contributed by atoms with E-state index in [1.807, 2.05) is 109 Å². The van der Waals surface area contributed by atoms with Gasteiger partial charge in [-0.15, -0.1) is 11.3 Å². The van der Waals surface area contributed by atoms with E-state index in [1.165, 1.54) is 11.3 Å². The highest BCUT2D eigenvalue weighted by atomic mass is 35.5. The Labute approximate surface area is 283 Å². The molecule has 1 aliphatic carbocycles. The summed E-state index contributed by atoms with van der Waals surface area (Å²) in [6.45, 7) is 2.66. The smallest absolute Gasteiger partial charge is 0.269 e. The molecule has 1 aromatic heterocycles. The van der Waals surface area contributed by atoms with E-state index in [2.05, 4.69) is 17.4 Å². The Morgan fingerprint density at radius 2 is 1.66 bits per heavy atom. The third-order valence-electron chi connectivity index (χ3n) is 8.60. The highest BCUT2D eigenvalue weighted by molar-refractivity contribution is 7.12. The van der Waals surface area contributed by atoms with Crippen molar-refractivity contribution in [1.29, 1.82) is 0 Å². The van der Waals surface area contributed by atoms with Gasteiger partial charge in [0.15, 0.2) is 17.3 Å². The Hall–Kier alpha value is -4.85. The highest BCUT2D eigenvalue weighted by Gasteiger charge is 2.42. The maximum atomic E-state index is 14.5. The minimum absolute atomic E-state index is 0.00964. The second-order valence-electron chi connectivity index (χ2n) is 11.6. The average Bonchev–Trinajstić information content (AvgIpc) is 3.59. The molecule has 47 heavy (non-hydrogen) atoms. The molecule has 236 valence electrons. The van der Waals surface area contributed by atoms with Crippen molar-refractivity contribution in [2.24, 2.45) is 0 Å². The van der Waals surface area contributed by atoms with Crippen molar-refractivity contribution in [2.45, 2.75) is 38.3 Å². The van der Waals surface area contributed by atoms with Crippen LogP contribution in [0.15, 0.2) is 126 Å². The Kier molecular flexibility index (Phi) is 8.83. The van der Waals surface area contributed by atoms with Crippen LogP contribution in [0, 0.1) is 0 Å². The quantitative estimate of drug-likeness (QED) is 0.180. The molecule has 0 bridgehead atoms. The van der Waals surface area contributed by atoms with Crippen LogP contribution in [0.4, 0.5) is 11.4 Å². The zero-order valence-electron chi connectivity index (χ0n) is 25.8. The molecule has 4 aromatic carbocycles. The van der Waals surface area contributed by atoms with Gasteiger partial charge in [-0.2, -0.15) is 0 Å². The van der Waals surface area contributed by atoms with E-state index in [1.54, 1.807) is 4.90 Å². The number of ether oxygens (including phenoxy) is 2. The molecule has 0 spiro atoms. The molecule has 5 aromatic rings. The number of benzene rings is 4. The van der Waals surface area contributed by atoms with Gasteiger partial charge >= 0.3 is 0 Å². The summed E-state index contributed by atoms with van der Waals surface area (Å²) in [5.41, 5.74) is 5.75. The minimum atomic E-state index is -0.704. The van der Waals surface area contributed by atoms with E-state index in [0.717, 1.165) is 28.1 Å². The highest BCUT2D eigenvalue weighted by Crippen LogP contribution is 2.49. The van der Waals surface area contributed by atoms with Crippen LogP contribution in [0.2, 0.25) is 5.02 Å². The number of allylic oxidation sites excluding steroid dienone is 1. The number of hydrogen-bond donors (Lipinski definition) is 1. The fourth-order valence-corrected chi connectivity index (χ4v) is 7.22. The van der Waals surface area contributed by atoms with Crippen LogP contribution in [0.3, 0.4) is 0 Å². The van der Waals surface area contributed by atoms with Crippen LogP contribution in [-0.4, -0.2) is 18.3 Å². The molecule has 0 saturated carbocycles. The lowest BCUT2D eigenvalue weighted by Gasteiger charge is -2.35. The normalized spacial score (nSPS) is 17.3. The van der Waals surface area contributed by atoms with Gasteiger partial charge in [0.2, 0.25) is 0 Å². The van der Waals surface area contributed by atoms with Crippen LogP contribution in [-0.2, 0) is 11.4 Å². The fraction of sp³-hybridized carbons (Fsp3) is 0.179. The van der Waals surface area contributed by atoms with Crippen molar-refractivity contribution < 1.29 is 19.1 Å². The number of ketones is 1. The summed E-state index contributed by atoms with van der Waals surface area (Å²) in [6, 6.07) is 34.2. The van der Waals surface area contributed by atoms with Gasteiger partial charge in [0.05, 0.1) is 28.9 Å². The third-order valence-corrected chi connectivity index (χ3v) is 9.71. The first-order valence-electron chi connectivity index (χ1n) is 15.7. The maximum absolute atomic E-state index is 14.5. The number of rotatable bonds is 8. The Balaban J connectivity index is 1.36. The summed E-state index contributed by atoms with van der Waals surface area (Å²) in [4.78, 5) is 31.3. The van der Waals surface area contributed by atoms with E-state index in [9.17, 15) is 9.59 Å². The second-order valence-corrected chi connectivity index (χ2v) is 13.0. The number of para-hydroxylation sites is 2. The number of Topliss-reactive ketones (excluding diaryl/α,β-unsaturated/α-hetero) is 1. The van der Waals surface area contributed by atoms with Crippen molar-refractivity contribution >= 4 is 46.0 Å². The van der Waals surface area contributed by atoms with Crippen molar-refractivity contribution in [3.63, 3.8) is 0 Å². The van der Waals surface area contributed by atoms with Gasteiger partial charge < -0.3 is 14.8 Å². The van der Waals surface area contributed by atoms with Gasteiger partial charge in [-0.1, -0.05) is 78.3 Å². The summed E-state index contributed by atoms with van der Waals surface area (Å²) in [5, 5.41) is 6.17. The number of halogens is 1. The first-order chi connectivity index (χ1) is 23.0. The van der Waals surface area contributed by atoms with Gasteiger partial charge in [-0.25, -0.2) is 0 Å². The number of nitrogens with one attached hydrogen (secondary N) is 1. The number of carbonyl (C=O) groups is 2. The van der Waals surface area contributed by atoms with Crippen LogP contribution in [0.1, 0.15) is 58.1 Å². The predicted octanol–water partition coefficient (Wildman–Crippen LogP) is 9.59. The molecule has 8 heteroatoms. The summed E-state index contributed by atoms with van der Waals surface area (Å²) in [7, 11) is 0. The van der Waals surface area contributed by atoms with Gasteiger partial charge in [0, 0.05) is 22.7 Å². The lowest BCUT2D eigenvalue weighted by atomic mass is 9.78. The predicted molar refractivity (Wildman–Crippen MR) is 188 cm³/mol. The molecule has 0 fully saturated rings. The standard InChI is InChI=1S/C39H33ClN2O4S/c1-2-45-35-23-27(16-19-34(35)46-24-25-14-17-29(40)18-15-25)38-37-31(21-28(22-33(37)43)26-9-4-3-5-10-26)41-30-11-6-7-12-32(30)42(38)39(44)36-13-8-20-47-36/h3-20,23,28,38,41H,2,21-22,24H2,1H3/t28-,38+/m1/s1. The monoisotopic (exact) mass is 660 g/mol. The lowest BCUT2D eigenvalue weighted by Crippen LogP contribution is -2.38. The molecule has 1 amide bonds. The molecule has 1 N–H and O–H groups in total. The Morgan fingerprint density at radius 3 is 2.43 bits per heavy atom. The Bertz CT molecular complexity index is 1940. The average molecular weight is 661 g/mol. The van der Waals surface area contributed by atoms with Crippen molar-refractivity contribution in [1.82, 2.24) is 0 Å². The number of thiophene rings is 1. The molecule has 6 nitrogen and oxygen atoms in total. The van der Waals surface area contributed by atoms with Crippen LogP contribution in [0.5, 0.6) is 11.5 Å². The molecule has 7 rings (SSSR count). The molecule has 2 heterocycles. The summed E-state index contributed by atoms with van der Waals surface area (Å²) in [5.74, 6) is 0.968. The van der Waals surface area contributed by atoms with Crippen molar-refractivity contribution in [2.75, 3.05) is 16.8 Å². The molecule has 2 aliphatic rings. The van der Waals surface area contributed by atoms with Crippen molar-refractivity contribution in [3.8, 4) is 11.5 Å². The topological polar surface area (TPSA) is 67.9 Å². The molecule has 2 atom stereocenters. The minimum Gasteiger partial charge on any atom is -0.490 e. The number of hydrogen-bond acceptors (Lipinski definition) is 6. The zero-order valence-corrected chi connectivity index (χ0v) is 27.4. The summed E-state index contributed by atoms with van der Waals surface area (Å²) in [6.07, 6.45) is 0.983. The molecule has 0 saturated heterocycles. The largest absolute Gasteiger partial charge is 0.490 e. The number of fused-ring (bicyclic) bond motifs is 1. The van der Waals surface area contributed by atoms with Gasteiger partial charge in [0.25, 0.3) is 5.91 Å². The molecule has 0 unspecified atom stereocenters. The first-order valence-corrected chi connectivity index (χ1v) is 16.9. The number of carbonyl (C=O) groups excluding carboxylic acids is 2. The van der Waals surface area contributed by atoms with E-state index in [-0.39, 0.29) is 17.6 Å². The number of anilines is 2. The van der Waals surface area contributed by atoms with Crippen LogP contribution < -0.4 is 19.7 Å². The first kappa shape index (κ1) is 30.8. The van der Waals surface area contributed by atoms with E-state index < -0.39 is 6.04 Å². The molecular weight excluding hydrogens is 628 g/mol. The van der Waals surface area contributed by atoms with Gasteiger partial charge in [-0.3, -0.25) is 14.5 Å². The Morgan fingerprint density at radius 1 is 0.872 bits per heavy atom. The van der Waals surface area contributed by atoms with Gasteiger partial charge in [0.1, 0.15) is 6.61 Å². The zero-order chi connectivity index (χ0) is 32.3. The van der Waals surface area contributed by atoms with E-state index >= 15 is 0 Å². The van der Waals surface area contributed by atoms with Gasteiger partial charge in [-0.05, 0) is 83.8 Å². The lowest BCUT2D eigenvalue weighted by molar-refractivity contribution is -0.116. The maximum Gasteiger partial charge on any atom is 0.269 e.